The van der Waals surface area contributed by atoms with Crippen LogP contribution >= 0.6 is 0 Å². The van der Waals surface area contributed by atoms with E-state index >= 15 is 0 Å². The van der Waals surface area contributed by atoms with Gasteiger partial charge in [-0.1, -0.05) is 52.9 Å². The molecule has 0 fully saturated rings. The molecule has 0 rings (SSSR count). The fraction of sp³-hybridized carbons (Fsp3) is 0.933. The van der Waals surface area contributed by atoms with Crippen LogP contribution in [0.25, 0.3) is 0 Å². The first kappa shape index (κ1) is 16.5. The summed E-state index contributed by atoms with van der Waals surface area (Å²) < 4.78 is 5.34. The lowest BCUT2D eigenvalue weighted by Crippen LogP contribution is -2.14. The Hall–Kier alpha value is -0.530. The van der Waals surface area contributed by atoms with E-state index in [0.717, 1.165) is 38.0 Å². The van der Waals surface area contributed by atoms with Crippen LogP contribution in [0.4, 0.5) is 0 Å². The van der Waals surface area contributed by atoms with Gasteiger partial charge in [0.2, 0.25) is 0 Å². The van der Waals surface area contributed by atoms with Crippen LogP contribution < -0.4 is 0 Å². The maximum Gasteiger partial charge on any atom is 0.306 e. The fourth-order valence-corrected chi connectivity index (χ4v) is 1.83. The first-order valence-corrected chi connectivity index (χ1v) is 7.25. The summed E-state index contributed by atoms with van der Waals surface area (Å²) in [6.07, 6.45) is 8.61. The van der Waals surface area contributed by atoms with Gasteiger partial charge in [-0.05, 0) is 25.7 Å². The number of carbonyl (C=O) groups excluding carboxylic acids is 1. The van der Waals surface area contributed by atoms with E-state index in [2.05, 4.69) is 20.8 Å². The highest BCUT2D eigenvalue weighted by molar-refractivity contribution is 5.69. The number of esters is 1. The molecule has 0 N–H and O–H groups in total. The molecule has 0 radical (unpaired) electrons. The molecule has 0 amide bonds. The summed E-state index contributed by atoms with van der Waals surface area (Å²) in [6.45, 7) is 8.63. The number of carbonyl (C=O) groups is 1. The summed E-state index contributed by atoms with van der Waals surface area (Å²) >= 11 is 0. The van der Waals surface area contributed by atoms with Gasteiger partial charge in [-0.15, -0.1) is 0 Å². The second-order valence-electron chi connectivity index (χ2n) is 5.44. The highest BCUT2D eigenvalue weighted by atomic mass is 16.5. The second kappa shape index (κ2) is 10.6. The molecule has 0 aliphatic carbocycles. The lowest BCUT2D eigenvalue weighted by atomic mass is 10.0. The molecule has 0 aromatic rings. The van der Waals surface area contributed by atoms with Crippen LogP contribution in [0.2, 0.25) is 0 Å². The molecule has 102 valence electrons. The predicted molar refractivity (Wildman–Crippen MR) is 73.0 cm³/mol. The van der Waals surface area contributed by atoms with Crippen molar-refractivity contribution in [3.05, 3.63) is 0 Å². The molecule has 0 saturated heterocycles. The molecular weight excluding hydrogens is 212 g/mol. The van der Waals surface area contributed by atoms with E-state index in [1.807, 2.05) is 6.92 Å². The molecule has 0 bridgehead atoms. The van der Waals surface area contributed by atoms with Crippen molar-refractivity contribution in [3.8, 4) is 0 Å². The molecule has 0 spiro atoms. The molecule has 0 aromatic carbocycles. The van der Waals surface area contributed by atoms with Gasteiger partial charge < -0.3 is 4.74 Å². The Morgan fingerprint density at radius 3 is 2.29 bits per heavy atom. The third-order valence-corrected chi connectivity index (χ3v) is 2.96. The predicted octanol–water partition coefficient (Wildman–Crippen LogP) is 4.71. The maximum atomic E-state index is 11.5. The van der Waals surface area contributed by atoms with E-state index in [9.17, 15) is 4.79 Å². The standard InChI is InChI=1S/C15H30O2/c1-5-6-11-14(4)17-15(16)12-9-7-8-10-13(2)3/h13-14H,5-12H2,1-4H3. The summed E-state index contributed by atoms with van der Waals surface area (Å²) in [5.41, 5.74) is 0. The Bertz CT molecular complexity index is 187. The minimum atomic E-state index is -0.0156. The number of unbranched alkanes of at least 4 members (excludes halogenated alkanes) is 3. The van der Waals surface area contributed by atoms with Crippen LogP contribution in [-0.2, 0) is 9.53 Å². The number of hydrogen-bond acceptors (Lipinski definition) is 2. The summed E-state index contributed by atoms with van der Waals surface area (Å²) in [4.78, 5) is 11.5. The minimum Gasteiger partial charge on any atom is -0.463 e. The summed E-state index contributed by atoms with van der Waals surface area (Å²) in [5, 5.41) is 0. The minimum absolute atomic E-state index is 0.0156. The highest BCUT2D eigenvalue weighted by Gasteiger charge is 2.08. The second-order valence-corrected chi connectivity index (χ2v) is 5.44. The van der Waals surface area contributed by atoms with Crippen molar-refractivity contribution in [3.63, 3.8) is 0 Å². The summed E-state index contributed by atoms with van der Waals surface area (Å²) in [5.74, 6) is 0.758. The smallest absolute Gasteiger partial charge is 0.306 e. The van der Waals surface area contributed by atoms with Crippen LogP contribution in [0.1, 0.15) is 79.1 Å². The average molecular weight is 242 g/mol. The Morgan fingerprint density at radius 2 is 1.71 bits per heavy atom. The molecule has 2 heteroatoms. The molecule has 0 aromatic heterocycles. The lowest BCUT2D eigenvalue weighted by molar-refractivity contribution is -0.148. The van der Waals surface area contributed by atoms with Gasteiger partial charge in [-0.25, -0.2) is 0 Å². The van der Waals surface area contributed by atoms with Gasteiger partial charge in [-0.3, -0.25) is 4.79 Å². The molecular formula is C15H30O2. The first-order valence-electron chi connectivity index (χ1n) is 7.25. The monoisotopic (exact) mass is 242 g/mol. The zero-order valence-electron chi connectivity index (χ0n) is 12.1. The molecule has 1 unspecified atom stereocenters. The number of hydrogen-bond donors (Lipinski definition) is 0. The Labute approximate surface area is 107 Å². The van der Waals surface area contributed by atoms with Crippen molar-refractivity contribution in [2.75, 3.05) is 0 Å². The van der Waals surface area contributed by atoms with Crippen LogP contribution in [0.3, 0.4) is 0 Å². The molecule has 17 heavy (non-hydrogen) atoms. The Morgan fingerprint density at radius 1 is 1.00 bits per heavy atom. The van der Waals surface area contributed by atoms with Crippen LogP contribution in [0.15, 0.2) is 0 Å². The third-order valence-electron chi connectivity index (χ3n) is 2.96. The lowest BCUT2D eigenvalue weighted by Gasteiger charge is -2.12. The Balaban J connectivity index is 3.39. The van der Waals surface area contributed by atoms with Gasteiger partial charge in [0.15, 0.2) is 0 Å². The van der Waals surface area contributed by atoms with E-state index in [4.69, 9.17) is 4.74 Å². The van der Waals surface area contributed by atoms with Crippen LogP contribution in [0, 0.1) is 5.92 Å². The zero-order valence-corrected chi connectivity index (χ0v) is 12.1. The van der Waals surface area contributed by atoms with Crippen LogP contribution in [-0.4, -0.2) is 12.1 Å². The molecule has 0 aliphatic rings. The van der Waals surface area contributed by atoms with Gasteiger partial charge in [0.05, 0.1) is 6.10 Å². The van der Waals surface area contributed by atoms with E-state index in [0.29, 0.717) is 6.42 Å². The van der Waals surface area contributed by atoms with Crippen molar-refractivity contribution in [2.45, 2.75) is 85.2 Å². The molecule has 1 atom stereocenters. The first-order chi connectivity index (χ1) is 8.06. The van der Waals surface area contributed by atoms with Gasteiger partial charge in [0, 0.05) is 6.42 Å². The molecule has 0 aliphatic heterocycles. The van der Waals surface area contributed by atoms with Gasteiger partial charge in [0.25, 0.3) is 0 Å². The van der Waals surface area contributed by atoms with Crippen molar-refractivity contribution in [1.29, 1.82) is 0 Å². The van der Waals surface area contributed by atoms with Gasteiger partial charge >= 0.3 is 5.97 Å². The molecule has 0 heterocycles. The average Bonchev–Trinajstić information content (AvgIpc) is 2.25. The topological polar surface area (TPSA) is 26.3 Å². The Kier molecular flexibility index (Phi) is 10.3. The number of rotatable bonds is 10. The fourth-order valence-electron chi connectivity index (χ4n) is 1.83. The van der Waals surface area contributed by atoms with Crippen molar-refractivity contribution in [1.82, 2.24) is 0 Å². The largest absolute Gasteiger partial charge is 0.463 e. The summed E-state index contributed by atoms with van der Waals surface area (Å²) in [6, 6.07) is 0. The van der Waals surface area contributed by atoms with E-state index < -0.39 is 0 Å². The van der Waals surface area contributed by atoms with Gasteiger partial charge in [0.1, 0.15) is 0 Å². The maximum absolute atomic E-state index is 11.5. The van der Waals surface area contributed by atoms with Crippen molar-refractivity contribution in [2.24, 2.45) is 5.92 Å². The van der Waals surface area contributed by atoms with Gasteiger partial charge in [-0.2, -0.15) is 0 Å². The van der Waals surface area contributed by atoms with Crippen LogP contribution in [0.5, 0.6) is 0 Å². The van der Waals surface area contributed by atoms with E-state index in [1.165, 1.54) is 12.8 Å². The third kappa shape index (κ3) is 11.7. The number of ether oxygens (including phenoxy) is 1. The molecule has 0 saturated carbocycles. The van der Waals surface area contributed by atoms with Crippen molar-refractivity contribution >= 4 is 5.97 Å². The molecule has 2 nitrogen and oxygen atoms in total. The summed E-state index contributed by atoms with van der Waals surface area (Å²) in [7, 11) is 0. The SMILES string of the molecule is CCCCC(C)OC(=O)CCCCCC(C)C. The van der Waals surface area contributed by atoms with E-state index in [1.54, 1.807) is 0 Å². The highest BCUT2D eigenvalue weighted by Crippen LogP contribution is 2.11. The van der Waals surface area contributed by atoms with Crippen molar-refractivity contribution < 1.29 is 9.53 Å². The zero-order chi connectivity index (χ0) is 13.1. The normalized spacial score (nSPS) is 12.8. The quantitative estimate of drug-likeness (QED) is 0.409. The van der Waals surface area contributed by atoms with E-state index in [-0.39, 0.29) is 12.1 Å².